The van der Waals surface area contributed by atoms with E-state index >= 15 is 0 Å². The molecule has 0 saturated carbocycles. The van der Waals surface area contributed by atoms with Gasteiger partial charge in [0, 0.05) is 32.2 Å². The lowest BCUT2D eigenvalue weighted by Crippen LogP contribution is -2.55. The van der Waals surface area contributed by atoms with Crippen LogP contribution in [0.25, 0.3) is 0 Å². The lowest BCUT2D eigenvalue weighted by Gasteiger charge is -2.25. The maximum atomic E-state index is 13.1. The van der Waals surface area contributed by atoms with Crippen LogP contribution >= 0.6 is 0 Å². The second-order valence-corrected chi connectivity index (χ2v) is 8.19. The summed E-state index contributed by atoms with van der Waals surface area (Å²) in [6, 6.07) is -3.42. The van der Waals surface area contributed by atoms with E-state index < -0.39 is 66.7 Å². The molecule has 190 valence electrons. The summed E-state index contributed by atoms with van der Waals surface area (Å²) in [6.45, 7) is 0.687. The van der Waals surface area contributed by atoms with Crippen LogP contribution in [0.2, 0.25) is 0 Å². The van der Waals surface area contributed by atoms with Gasteiger partial charge in [-0.05, 0) is 19.3 Å². The van der Waals surface area contributed by atoms with E-state index in [0.29, 0.717) is 19.5 Å². The highest BCUT2D eigenvalue weighted by atomic mass is 16.4. The maximum Gasteiger partial charge on any atom is 0.305 e. The molecule has 2 fully saturated rings. The first kappa shape index (κ1) is 26.8. The topological polar surface area (TPSA) is 247 Å². The average Bonchev–Trinajstić information content (AvgIpc) is 3.15. The highest BCUT2D eigenvalue weighted by Gasteiger charge is 2.39. The zero-order chi connectivity index (χ0) is 25.3. The Morgan fingerprint density at radius 3 is 2.44 bits per heavy atom. The maximum absolute atomic E-state index is 13.1. The summed E-state index contributed by atoms with van der Waals surface area (Å²) in [7, 11) is 0. The molecule has 1 unspecified atom stereocenters. The molecule has 34 heavy (non-hydrogen) atoms. The standard InChI is InChI=1S/C19H33N9O6/c20-3-5-28-9-10-6-13(28)18(34)27-11(2-1-4-23-19(21)22)16(32)24-8-14(29)26-12(7-15(30)31)17(33)25-10/h10-13H,1-9,20H2,(H,24,32)(H,25,33)(H,26,29)(H,27,34)(H,30,31)(H4,21,22,23)/t10-,11?,12-,13-/m0/s1. The fourth-order valence-electron chi connectivity index (χ4n) is 3.96. The van der Waals surface area contributed by atoms with Gasteiger partial charge >= 0.3 is 5.97 Å². The van der Waals surface area contributed by atoms with Crippen molar-refractivity contribution in [1.82, 2.24) is 26.2 Å². The number of carboxylic acids is 1. The average molecular weight is 484 g/mol. The first-order valence-electron chi connectivity index (χ1n) is 11.0. The fourth-order valence-corrected chi connectivity index (χ4v) is 3.96. The minimum absolute atomic E-state index is 0.0939. The minimum Gasteiger partial charge on any atom is -0.481 e. The Morgan fingerprint density at radius 1 is 1.06 bits per heavy atom. The van der Waals surface area contributed by atoms with Crippen LogP contribution in [0.5, 0.6) is 0 Å². The van der Waals surface area contributed by atoms with Crippen molar-refractivity contribution in [3.63, 3.8) is 0 Å². The Balaban J connectivity index is 2.25. The van der Waals surface area contributed by atoms with Gasteiger partial charge in [-0.25, -0.2) is 0 Å². The molecule has 4 amide bonds. The first-order valence-corrected chi connectivity index (χ1v) is 11.0. The van der Waals surface area contributed by atoms with Crippen molar-refractivity contribution in [3.05, 3.63) is 0 Å². The number of nitrogens with zero attached hydrogens (tertiary/aromatic N) is 2. The van der Waals surface area contributed by atoms with Crippen LogP contribution in [-0.2, 0) is 24.0 Å². The summed E-state index contributed by atoms with van der Waals surface area (Å²) in [5, 5.41) is 19.3. The Morgan fingerprint density at radius 2 is 1.79 bits per heavy atom. The molecule has 11 N–H and O–H groups in total. The van der Waals surface area contributed by atoms with Gasteiger partial charge in [-0.1, -0.05) is 0 Å². The number of aliphatic carboxylic acids is 1. The second-order valence-electron chi connectivity index (χ2n) is 8.19. The number of carbonyl (C=O) groups excluding carboxylic acids is 4. The van der Waals surface area contributed by atoms with Crippen LogP contribution in [0.3, 0.4) is 0 Å². The third-order valence-corrected chi connectivity index (χ3v) is 5.50. The van der Waals surface area contributed by atoms with Gasteiger partial charge in [0.25, 0.3) is 0 Å². The van der Waals surface area contributed by atoms with Gasteiger partial charge in [-0.2, -0.15) is 0 Å². The molecular weight excluding hydrogens is 450 g/mol. The number of amides is 4. The molecule has 15 heteroatoms. The summed E-state index contributed by atoms with van der Waals surface area (Å²) in [4.78, 5) is 67.6. The molecular formula is C19H33N9O6. The van der Waals surface area contributed by atoms with Crippen LogP contribution < -0.4 is 38.5 Å². The fraction of sp³-hybridized carbons (Fsp3) is 0.684. The normalized spacial score (nSPS) is 26.5. The van der Waals surface area contributed by atoms with E-state index in [0.717, 1.165) is 0 Å². The number of aliphatic imine (C=N–C) groups is 1. The van der Waals surface area contributed by atoms with Crippen molar-refractivity contribution in [2.24, 2.45) is 22.2 Å². The Kier molecular flexibility index (Phi) is 10.0. The molecule has 0 aromatic heterocycles. The van der Waals surface area contributed by atoms with Crippen LogP contribution in [0.1, 0.15) is 25.7 Å². The van der Waals surface area contributed by atoms with E-state index in [4.69, 9.17) is 22.3 Å². The second kappa shape index (κ2) is 12.7. The van der Waals surface area contributed by atoms with Crippen LogP contribution in [0, 0.1) is 0 Å². The van der Waals surface area contributed by atoms with Crippen molar-refractivity contribution >= 4 is 35.6 Å². The molecule has 0 aliphatic carbocycles. The molecule has 2 saturated heterocycles. The van der Waals surface area contributed by atoms with E-state index in [9.17, 15) is 24.0 Å². The number of rotatable bonds is 8. The monoisotopic (exact) mass is 483 g/mol. The number of hydrogen-bond acceptors (Lipinski definition) is 8. The van der Waals surface area contributed by atoms with Crippen LogP contribution in [-0.4, -0.2) is 102 Å². The molecule has 2 rings (SSSR count). The smallest absolute Gasteiger partial charge is 0.305 e. The third-order valence-electron chi connectivity index (χ3n) is 5.50. The van der Waals surface area contributed by atoms with Crippen molar-refractivity contribution in [3.8, 4) is 0 Å². The Bertz CT molecular complexity index is 816. The zero-order valence-electron chi connectivity index (χ0n) is 18.8. The molecule has 0 aromatic rings. The van der Waals surface area contributed by atoms with Crippen LogP contribution in [0.15, 0.2) is 4.99 Å². The van der Waals surface area contributed by atoms with Crippen LogP contribution in [0.4, 0.5) is 0 Å². The molecule has 2 aliphatic heterocycles. The first-order chi connectivity index (χ1) is 16.1. The molecule has 0 radical (unpaired) electrons. The summed E-state index contributed by atoms with van der Waals surface area (Å²) in [5.74, 6) is -3.83. The van der Waals surface area contributed by atoms with Gasteiger partial charge in [-0.3, -0.25) is 33.9 Å². The van der Waals surface area contributed by atoms with Crippen molar-refractivity contribution in [2.75, 3.05) is 32.7 Å². The molecule has 2 bridgehead atoms. The van der Waals surface area contributed by atoms with E-state index in [-0.39, 0.29) is 31.9 Å². The molecule has 2 aliphatic rings. The Labute approximate surface area is 196 Å². The quantitative estimate of drug-likeness (QED) is 0.0928. The van der Waals surface area contributed by atoms with Gasteiger partial charge < -0.3 is 43.6 Å². The van der Waals surface area contributed by atoms with Crippen molar-refractivity contribution < 1.29 is 29.1 Å². The molecule has 15 nitrogen and oxygen atoms in total. The lowest BCUT2D eigenvalue weighted by molar-refractivity contribution is -0.141. The van der Waals surface area contributed by atoms with Gasteiger partial charge in [0.05, 0.1) is 19.0 Å². The van der Waals surface area contributed by atoms with Gasteiger partial charge in [0.1, 0.15) is 12.1 Å². The summed E-state index contributed by atoms with van der Waals surface area (Å²) in [5.41, 5.74) is 16.3. The predicted octanol–water partition coefficient (Wildman–Crippen LogP) is -4.87. The minimum atomic E-state index is -1.34. The number of guanidine groups is 1. The molecule has 0 aromatic carbocycles. The zero-order valence-corrected chi connectivity index (χ0v) is 18.8. The third kappa shape index (κ3) is 8.15. The van der Waals surface area contributed by atoms with Crippen molar-refractivity contribution in [2.45, 2.75) is 49.9 Å². The van der Waals surface area contributed by atoms with Gasteiger partial charge in [0.15, 0.2) is 5.96 Å². The van der Waals surface area contributed by atoms with E-state index in [1.54, 1.807) is 4.90 Å². The SMILES string of the molecule is NCCN1C[C@@H]2C[C@H]1C(=O)NC(CCCN=C(N)N)C(=O)NCC(=O)N[C@@H](CC(=O)O)C(=O)N2. The predicted molar refractivity (Wildman–Crippen MR) is 120 cm³/mol. The number of likely N-dealkylation sites (tertiary alicyclic amines) is 1. The Hall–Kier alpha value is -3.46. The molecule has 4 atom stereocenters. The highest BCUT2D eigenvalue weighted by molar-refractivity contribution is 5.94. The summed E-state index contributed by atoms with van der Waals surface area (Å²) < 4.78 is 0. The summed E-state index contributed by atoms with van der Waals surface area (Å²) >= 11 is 0. The number of hydrogen-bond donors (Lipinski definition) is 8. The lowest BCUT2D eigenvalue weighted by atomic mass is 10.1. The van der Waals surface area contributed by atoms with E-state index in [2.05, 4.69) is 26.3 Å². The van der Waals surface area contributed by atoms with E-state index in [1.807, 2.05) is 0 Å². The van der Waals surface area contributed by atoms with E-state index in [1.165, 1.54) is 0 Å². The number of nitrogens with two attached hydrogens (primary N) is 3. The largest absolute Gasteiger partial charge is 0.481 e. The molecule has 2 heterocycles. The van der Waals surface area contributed by atoms with Crippen molar-refractivity contribution in [1.29, 1.82) is 0 Å². The number of carbonyl (C=O) groups is 5. The number of nitrogens with one attached hydrogen (secondary N) is 4. The number of carboxylic acid groups (broad SMARTS) is 1. The van der Waals surface area contributed by atoms with Gasteiger partial charge in [-0.15, -0.1) is 0 Å². The number of fused-ring (bicyclic) bond motifs is 2. The highest BCUT2D eigenvalue weighted by Crippen LogP contribution is 2.19. The summed E-state index contributed by atoms with van der Waals surface area (Å²) in [6.07, 6.45) is 0.191. The molecule has 0 spiro atoms. The van der Waals surface area contributed by atoms with Gasteiger partial charge in [0.2, 0.25) is 23.6 Å².